The Labute approximate surface area is 100 Å². The Hall–Kier alpha value is -1.62. The summed E-state index contributed by atoms with van der Waals surface area (Å²) in [5, 5.41) is 7.61. The predicted molar refractivity (Wildman–Crippen MR) is 67.0 cm³/mol. The van der Waals surface area contributed by atoms with Crippen LogP contribution in [0.5, 0.6) is 0 Å². The molecule has 2 aromatic heterocycles. The molecule has 3 rings (SSSR count). The molecule has 0 bridgehead atoms. The fraction of sp³-hybridized carbons (Fsp3) is 0.500. The van der Waals surface area contributed by atoms with Crippen molar-refractivity contribution in [3.8, 4) is 0 Å². The third-order valence-electron chi connectivity index (χ3n) is 3.51. The number of nitrogens with two attached hydrogens (primary N) is 1. The highest BCUT2D eigenvalue weighted by atomic mass is 15.3. The first kappa shape index (κ1) is 10.5. The van der Waals surface area contributed by atoms with Gasteiger partial charge in [-0.3, -0.25) is 0 Å². The van der Waals surface area contributed by atoms with E-state index in [9.17, 15) is 0 Å². The van der Waals surface area contributed by atoms with E-state index in [0.29, 0.717) is 5.95 Å². The molecule has 1 fully saturated rings. The second kappa shape index (κ2) is 3.70. The predicted octanol–water partition coefficient (Wildman–Crippen LogP) is 1.33. The van der Waals surface area contributed by atoms with Gasteiger partial charge in [-0.1, -0.05) is 6.07 Å². The summed E-state index contributed by atoms with van der Waals surface area (Å²) in [5.74, 6) is 0.663. The number of hydrogen-bond donors (Lipinski definition) is 2. The Morgan fingerprint density at radius 3 is 3.00 bits per heavy atom. The van der Waals surface area contributed by atoms with Crippen LogP contribution in [0.1, 0.15) is 24.8 Å². The number of aromatic nitrogens is 3. The molecule has 0 aliphatic heterocycles. The van der Waals surface area contributed by atoms with E-state index >= 15 is 0 Å². The van der Waals surface area contributed by atoms with E-state index in [0.717, 1.165) is 30.6 Å². The molecule has 0 saturated heterocycles. The Morgan fingerprint density at radius 1 is 1.53 bits per heavy atom. The summed E-state index contributed by atoms with van der Waals surface area (Å²) in [4.78, 5) is 4.46. The van der Waals surface area contributed by atoms with E-state index in [2.05, 4.69) is 15.4 Å². The van der Waals surface area contributed by atoms with E-state index in [1.165, 1.54) is 6.42 Å². The SMILES string of the molecule is Cc1cccn2nc(NCC3(N)CCC3)nc12. The summed E-state index contributed by atoms with van der Waals surface area (Å²) >= 11 is 0. The zero-order valence-electron chi connectivity index (χ0n) is 9.98. The highest BCUT2D eigenvalue weighted by Crippen LogP contribution is 2.28. The van der Waals surface area contributed by atoms with Crippen LogP contribution >= 0.6 is 0 Å². The second-order valence-electron chi connectivity index (χ2n) is 4.96. The minimum atomic E-state index is -0.0491. The summed E-state index contributed by atoms with van der Waals surface area (Å²) in [5.41, 5.74) is 8.12. The van der Waals surface area contributed by atoms with Crippen molar-refractivity contribution >= 4 is 11.6 Å². The van der Waals surface area contributed by atoms with Crippen molar-refractivity contribution in [2.75, 3.05) is 11.9 Å². The maximum atomic E-state index is 6.15. The van der Waals surface area contributed by atoms with Gasteiger partial charge < -0.3 is 11.1 Å². The van der Waals surface area contributed by atoms with Crippen LogP contribution in [0.2, 0.25) is 0 Å². The van der Waals surface area contributed by atoms with Gasteiger partial charge in [0, 0.05) is 18.3 Å². The fourth-order valence-corrected chi connectivity index (χ4v) is 2.18. The van der Waals surface area contributed by atoms with Gasteiger partial charge in [-0.05, 0) is 37.8 Å². The molecule has 2 aromatic rings. The molecule has 0 amide bonds. The lowest BCUT2D eigenvalue weighted by molar-refractivity contribution is 0.265. The van der Waals surface area contributed by atoms with Crippen molar-refractivity contribution in [3.05, 3.63) is 23.9 Å². The highest BCUT2D eigenvalue weighted by molar-refractivity contribution is 5.49. The largest absolute Gasteiger partial charge is 0.351 e. The maximum absolute atomic E-state index is 6.15. The summed E-state index contributed by atoms with van der Waals surface area (Å²) < 4.78 is 1.79. The van der Waals surface area contributed by atoms with Gasteiger partial charge >= 0.3 is 0 Å². The Morgan fingerprint density at radius 2 is 2.35 bits per heavy atom. The highest BCUT2D eigenvalue weighted by Gasteiger charge is 2.32. The maximum Gasteiger partial charge on any atom is 0.243 e. The lowest BCUT2D eigenvalue weighted by atomic mass is 9.78. The van der Waals surface area contributed by atoms with Crippen LogP contribution in [0.15, 0.2) is 18.3 Å². The standard InChI is InChI=1S/C12H17N5/c1-9-4-2-7-17-10(9)15-11(16-17)14-8-12(13)5-3-6-12/h2,4,7H,3,5-6,8,13H2,1H3,(H,14,16). The van der Waals surface area contributed by atoms with Crippen LogP contribution in [0, 0.1) is 6.92 Å². The molecule has 0 spiro atoms. The average Bonchev–Trinajstić information content (AvgIpc) is 2.68. The van der Waals surface area contributed by atoms with Crippen LogP contribution in [0.3, 0.4) is 0 Å². The number of fused-ring (bicyclic) bond motifs is 1. The van der Waals surface area contributed by atoms with Gasteiger partial charge in [-0.25, -0.2) is 4.52 Å². The normalized spacial score (nSPS) is 18.0. The summed E-state index contributed by atoms with van der Waals surface area (Å²) in [6.07, 6.45) is 5.32. The summed E-state index contributed by atoms with van der Waals surface area (Å²) in [6, 6.07) is 4.00. The molecule has 1 aliphatic carbocycles. The van der Waals surface area contributed by atoms with Crippen LogP contribution < -0.4 is 11.1 Å². The topological polar surface area (TPSA) is 68.2 Å². The number of aryl methyl sites for hydroxylation is 1. The Kier molecular flexibility index (Phi) is 2.29. The third-order valence-corrected chi connectivity index (χ3v) is 3.51. The lowest BCUT2D eigenvalue weighted by Gasteiger charge is -2.37. The van der Waals surface area contributed by atoms with Crippen LogP contribution in [-0.4, -0.2) is 26.7 Å². The van der Waals surface area contributed by atoms with E-state index in [1.807, 2.05) is 25.3 Å². The molecule has 1 saturated carbocycles. The molecule has 0 radical (unpaired) electrons. The first-order valence-corrected chi connectivity index (χ1v) is 6.01. The molecule has 0 aromatic carbocycles. The molecule has 1 aliphatic rings. The van der Waals surface area contributed by atoms with Gasteiger partial charge in [0.1, 0.15) is 0 Å². The van der Waals surface area contributed by atoms with E-state index in [4.69, 9.17) is 5.73 Å². The molecule has 0 atom stereocenters. The van der Waals surface area contributed by atoms with Crippen molar-refractivity contribution in [2.45, 2.75) is 31.7 Å². The molecule has 2 heterocycles. The van der Waals surface area contributed by atoms with Crippen molar-refractivity contribution in [2.24, 2.45) is 5.73 Å². The van der Waals surface area contributed by atoms with Crippen LogP contribution in [0.25, 0.3) is 5.65 Å². The van der Waals surface area contributed by atoms with Crippen LogP contribution in [0.4, 0.5) is 5.95 Å². The monoisotopic (exact) mass is 231 g/mol. The van der Waals surface area contributed by atoms with Gasteiger partial charge in [-0.15, -0.1) is 5.10 Å². The Balaban J connectivity index is 1.79. The van der Waals surface area contributed by atoms with Gasteiger partial charge in [0.15, 0.2) is 5.65 Å². The first-order valence-electron chi connectivity index (χ1n) is 6.01. The number of hydrogen-bond acceptors (Lipinski definition) is 4. The number of anilines is 1. The molecule has 0 unspecified atom stereocenters. The number of rotatable bonds is 3. The zero-order valence-corrected chi connectivity index (χ0v) is 9.98. The Bertz CT molecular complexity index is 541. The number of nitrogens with one attached hydrogen (secondary N) is 1. The minimum Gasteiger partial charge on any atom is -0.351 e. The van der Waals surface area contributed by atoms with E-state index in [1.54, 1.807) is 4.52 Å². The van der Waals surface area contributed by atoms with Crippen molar-refractivity contribution in [1.82, 2.24) is 14.6 Å². The van der Waals surface area contributed by atoms with Gasteiger partial charge in [0.2, 0.25) is 5.95 Å². The number of nitrogens with zero attached hydrogens (tertiary/aromatic N) is 3. The molecule has 17 heavy (non-hydrogen) atoms. The quantitative estimate of drug-likeness (QED) is 0.836. The molecular weight excluding hydrogens is 214 g/mol. The third kappa shape index (κ3) is 1.86. The lowest BCUT2D eigenvalue weighted by Crippen LogP contribution is -2.52. The van der Waals surface area contributed by atoms with Crippen LogP contribution in [-0.2, 0) is 0 Å². The van der Waals surface area contributed by atoms with Gasteiger partial charge in [0.25, 0.3) is 0 Å². The van der Waals surface area contributed by atoms with Crippen molar-refractivity contribution in [1.29, 1.82) is 0 Å². The molecule has 5 heteroatoms. The van der Waals surface area contributed by atoms with E-state index in [-0.39, 0.29) is 5.54 Å². The van der Waals surface area contributed by atoms with Gasteiger partial charge in [0.05, 0.1) is 0 Å². The second-order valence-corrected chi connectivity index (χ2v) is 4.96. The summed E-state index contributed by atoms with van der Waals surface area (Å²) in [7, 11) is 0. The van der Waals surface area contributed by atoms with Crippen molar-refractivity contribution < 1.29 is 0 Å². The molecular formula is C12H17N5. The van der Waals surface area contributed by atoms with Gasteiger partial charge in [-0.2, -0.15) is 4.98 Å². The molecule has 3 N–H and O–H groups in total. The molecule has 5 nitrogen and oxygen atoms in total. The number of pyridine rings is 1. The first-order chi connectivity index (χ1) is 8.16. The minimum absolute atomic E-state index is 0.0491. The smallest absolute Gasteiger partial charge is 0.243 e. The molecule has 90 valence electrons. The zero-order chi connectivity index (χ0) is 11.9. The summed E-state index contributed by atoms with van der Waals surface area (Å²) in [6.45, 7) is 2.78. The average molecular weight is 231 g/mol. The van der Waals surface area contributed by atoms with E-state index < -0.39 is 0 Å². The fourth-order valence-electron chi connectivity index (χ4n) is 2.18. The van der Waals surface area contributed by atoms with Crippen molar-refractivity contribution in [3.63, 3.8) is 0 Å².